The maximum Gasteiger partial charge on any atom is 0.394 e. The van der Waals surface area contributed by atoms with Gasteiger partial charge in [0.25, 0.3) is 5.91 Å². The number of amides is 1. The second-order valence-electron chi connectivity index (χ2n) is 5.98. The minimum Gasteiger partial charge on any atom is -0.481 e. The number of alkyl halides is 3. The molecule has 1 aromatic rings. The molecule has 1 aromatic heterocycles. The van der Waals surface area contributed by atoms with E-state index < -0.39 is 43.0 Å². The van der Waals surface area contributed by atoms with Crippen molar-refractivity contribution in [2.75, 3.05) is 13.1 Å². The highest BCUT2D eigenvalue weighted by atomic mass is 19.4. The predicted molar refractivity (Wildman–Crippen MR) is 73.9 cm³/mol. The molecule has 0 bridgehead atoms. The SMILES string of the molecule is Cc1c(C(=O)N2C[C@@H](C(F)(F)F)[C@H](C(=O)O)C2)cnn1C(C)C. The summed E-state index contributed by atoms with van der Waals surface area (Å²) in [4.78, 5) is 24.5. The maximum atomic E-state index is 13.0. The summed E-state index contributed by atoms with van der Waals surface area (Å²) in [5.41, 5.74) is 0.748. The van der Waals surface area contributed by atoms with Crippen LogP contribution in [-0.4, -0.2) is 50.9 Å². The lowest BCUT2D eigenvalue weighted by molar-refractivity contribution is -0.187. The molecule has 0 spiro atoms. The summed E-state index contributed by atoms with van der Waals surface area (Å²) in [5, 5.41) is 13.1. The molecule has 0 aliphatic carbocycles. The van der Waals surface area contributed by atoms with E-state index in [1.807, 2.05) is 13.8 Å². The lowest BCUT2D eigenvalue weighted by Crippen LogP contribution is -2.34. The topological polar surface area (TPSA) is 75.4 Å². The van der Waals surface area contributed by atoms with E-state index in [4.69, 9.17) is 5.11 Å². The van der Waals surface area contributed by atoms with Crippen molar-refractivity contribution in [2.24, 2.45) is 11.8 Å². The van der Waals surface area contributed by atoms with Crippen LogP contribution in [0.15, 0.2) is 6.20 Å². The molecule has 2 heterocycles. The van der Waals surface area contributed by atoms with Crippen LogP contribution in [-0.2, 0) is 4.79 Å². The highest BCUT2D eigenvalue weighted by molar-refractivity contribution is 5.95. The molecule has 0 saturated carbocycles. The van der Waals surface area contributed by atoms with Crippen LogP contribution in [0.1, 0.15) is 35.9 Å². The van der Waals surface area contributed by atoms with Crippen LogP contribution in [0.2, 0.25) is 0 Å². The summed E-state index contributed by atoms with van der Waals surface area (Å²) in [5.74, 6) is -5.85. The van der Waals surface area contributed by atoms with Crippen LogP contribution >= 0.6 is 0 Å². The van der Waals surface area contributed by atoms with Gasteiger partial charge >= 0.3 is 12.1 Å². The van der Waals surface area contributed by atoms with Crippen molar-refractivity contribution in [1.82, 2.24) is 14.7 Å². The summed E-state index contributed by atoms with van der Waals surface area (Å²) in [6, 6.07) is 0.00446. The van der Waals surface area contributed by atoms with Crippen LogP contribution < -0.4 is 0 Å². The summed E-state index contributed by atoms with van der Waals surface area (Å²) < 4.78 is 40.5. The third-order valence-corrected chi connectivity index (χ3v) is 4.11. The first-order chi connectivity index (χ1) is 10.5. The molecule has 1 fully saturated rings. The van der Waals surface area contributed by atoms with Gasteiger partial charge in [-0.25, -0.2) is 0 Å². The summed E-state index contributed by atoms with van der Waals surface area (Å²) in [6.07, 6.45) is -3.34. The Bertz CT molecular complexity index is 625. The third kappa shape index (κ3) is 3.18. The molecule has 2 atom stereocenters. The van der Waals surface area contributed by atoms with Crippen LogP contribution in [0.25, 0.3) is 0 Å². The molecule has 1 saturated heterocycles. The van der Waals surface area contributed by atoms with E-state index >= 15 is 0 Å². The number of aromatic nitrogens is 2. The third-order valence-electron chi connectivity index (χ3n) is 4.11. The summed E-state index contributed by atoms with van der Waals surface area (Å²) in [6.45, 7) is 4.29. The largest absolute Gasteiger partial charge is 0.481 e. The molecule has 0 radical (unpaired) electrons. The van der Waals surface area contributed by atoms with E-state index in [0.717, 1.165) is 4.90 Å². The second-order valence-corrected chi connectivity index (χ2v) is 5.98. The highest BCUT2D eigenvalue weighted by Crippen LogP contribution is 2.38. The van der Waals surface area contributed by atoms with Gasteiger partial charge in [-0.2, -0.15) is 18.3 Å². The van der Waals surface area contributed by atoms with Crippen molar-refractivity contribution in [3.63, 3.8) is 0 Å². The number of likely N-dealkylation sites (tertiary alicyclic amines) is 1. The molecule has 9 heteroatoms. The first kappa shape index (κ1) is 17.3. The maximum absolute atomic E-state index is 13.0. The zero-order chi connectivity index (χ0) is 17.5. The molecule has 23 heavy (non-hydrogen) atoms. The first-order valence-corrected chi connectivity index (χ1v) is 7.17. The van der Waals surface area contributed by atoms with E-state index in [0.29, 0.717) is 5.69 Å². The van der Waals surface area contributed by atoms with Gasteiger partial charge in [0.05, 0.1) is 23.6 Å². The molecule has 128 valence electrons. The molecule has 0 unspecified atom stereocenters. The molecule has 6 nitrogen and oxygen atoms in total. The van der Waals surface area contributed by atoms with Gasteiger partial charge in [0.1, 0.15) is 0 Å². The summed E-state index contributed by atoms with van der Waals surface area (Å²) >= 11 is 0. The Labute approximate surface area is 130 Å². The minimum atomic E-state index is -4.66. The van der Waals surface area contributed by atoms with E-state index in [9.17, 15) is 22.8 Å². The number of hydrogen-bond donors (Lipinski definition) is 1. The van der Waals surface area contributed by atoms with Gasteiger partial charge in [0, 0.05) is 24.8 Å². The average molecular weight is 333 g/mol. The zero-order valence-corrected chi connectivity index (χ0v) is 13.0. The molecule has 1 aliphatic heterocycles. The number of halogens is 3. The van der Waals surface area contributed by atoms with E-state index in [2.05, 4.69) is 5.10 Å². The fourth-order valence-corrected chi connectivity index (χ4v) is 2.88. The number of carboxylic acid groups (broad SMARTS) is 1. The zero-order valence-electron chi connectivity index (χ0n) is 13.0. The Morgan fingerprint density at radius 3 is 2.35 bits per heavy atom. The lowest BCUT2D eigenvalue weighted by Gasteiger charge is -2.18. The number of carbonyl (C=O) groups is 2. The van der Waals surface area contributed by atoms with Crippen LogP contribution in [0.3, 0.4) is 0 Å². The second kappa shape index (κ2) is 5.86. The molecule has 0 aromatic carbocycles. The van der Waals surface area contributed by atoms with Crippen molar-refractivity contribution in [2.45, 2.75) is 33.0 Å². The number of aliphatic carboxylic acids is 1. The fourth-order valence-electron chi connectivity index (χ4n) is 2.88. The van der Waals surface area contributed by atoms with Gasteiger partial charge in [-0.15, -0.1) is 0 Å². The average Bonchev–Trinajstić information content (AvgIpc) is 3.00. The van der Waals surface area contributed by atoms with E-state index in [1.54, 1.807) is 11.6 Å². The number of rotatable bonds is 3. The first-order valence-electron chi connectivity index (χ1n) is 7.17. The Hall–Kier alpha value is -2.06. The number of hydrogen-bond acceptors (Lipinski definition) is 3. The Morgan fingerprint density at radius 1 is 1.35 bits per heavy atom. The number of carboxylic acids is 1. The van der Waals surface area contributed by atoms with Crippen molar-refractivity contribution in [3.05, 3.63) is 17.5 Å². The van der Waals surface area contributed by atoms with Gasteiger partial charge in [-0.05, 0) is 20.8 Å². The van der Waals surface area contributed by atoms with Gasteiger partial charge in [-0.3, -0.25) is 14.3 Å². The van der Waals surface area contributed by atoms with E-state index in [1.165, 1.54) is 6.20 Å². The fraction of sp³-hybridized carbons (Fsp3) is 0.643. The predicted octanol–water partition coefficient (Wildman–Crippen LogP) is 2.11. The van der Waals surface area contributed by atoms with E-state index in [-0.39, 0.29) is 11.6 Å². The molecule has 1 N–H and O–H groups in total. The smallest absolute Gasteiger partial charge is 0.394 e. The molecular weight excluding hydrogens is 315 g/mol. The Morgan fingerprint density at radius 2 is 1.96 bits per heavy atom. The van der Waals surface area contributed by atoms with Crippen molar-refractivity contribution in [3.8, 4) is 0 Å². The van der Waals surface area contributed by atoms with Gasteiger partial charge in [0.15, 0.2) is 0 Å². The van der Waals surface area contributed by atoms with Crippen LogP contribution in [0, 0.1) is 18.8 Å². The van der Waals surface area contributed by atoms with Gasteiger partial charge in [-0.1, -0.05) is 0 Å². The van der Waals surface area contributed by atoms with Crippen molar-refractivity contribution in [1.29, 1.82) is 0 Å². The molecule has 2 rings (SSSR count). The number of nitrogens with zero attached hydrogens (tertiary/aromatic N) is 3. The van der Waals surface area contributed by atoms with Crippen molar-refractivity contribution >= 4 is 11.9 Å². The van der Waals surface area contributed by atoms with Crippen LogP contribution in [0.4, 0.5) is 13.2 Å². The number of carbonyl (C=O) groups excluding carboxylic acids is 1. The molecular formula is C14H18F3N3O3. The highest BCUT2D eigenvalue weighted by Gasteiger charge is 2.53. The minimum absolute atomic E-state index is 0.00446. The molecule has 1 amide bonds. The Balaban J connectivity index is 2.26. The lowest BCUT2D eigenvalue weighted by atomic mass is 9.96. The summed E-state index contributed by atoms with van der Waals surface area (Å²) in [7, 11) is 0. The Kier molecular flexibility index (Phi) is 4.41. The normalized spacial score (nSPS) is 22.0. The quantitative estimate of drug-likeness (QED) is 0.919. The van der Waals surface area contributed by atoms with Crippen molar-refractivity contribution < 1.29 is 27.9 Å². The van der Waals surface area contributed by atoms with Crippen LogP contribution in [0.5, 0.6) is 0 Å². The molecule has 1 aliphatic rings. The monoisotopic (exact) mass is 333 g/mol. The standard InChI is InChI=1S/C14H18F3N3O3/c1-7(2)20-8(3)9(4-18-20)12(21)19-5-10(13(22)23)11(6-19)14(15,16)17/h4,7,10-11H,5-6H2,1-3H3,(H,22,23)/t10-,11-/m1/s1. The van der Waals surface area contributed by atoms with Gasteiger partial charge in [0.2, 0.25) is 0 Å². The van der Waals surface area contributed by atoms with Gasteiger partial charge < -0.3 is 10.0 Å².